The zero-order chi connectivity index (χ0) is 14.7. The molecule has 2 atom stereocenters. The maximum absolute atomic E-state index is 10.1. The molecule has 1 aliphatic heterocycles. The van der Waals surface area contributed by atoms with E-state index in [4.69, 9.17) is 0 Å². The van der Waals surface area contributed by atoms with Crippen LogP contribution >= 0.6 is 0 Å². The number of anilines is 1. The van der Waals surface area contributed by atoms with Gasteiger partial charge in [0.05, 0.1) is 6.61 Å². The van der Waals surface area contributed by atoms with Gasteiger partial charge in [0.1, 0.15) is 0 Å². The first-order chi connectivity index (χ1) is 10.2. The number of fused-ring (bicyclic) bond motifs is 1. The van der Waals surface area contributed by atoms with Gasteiger partial charge in [-0.15, -0.1) is 0 Å². The maximum Gasteiger partial charge on any atom is 0.0504 e. The van der Waals surface area contributed by atoms with Gasteiger partial charge in [0.2, 0.25) is 0 Å². The molecule has 0 spiro atoms. The van der Waals surface area contributed by atoms with Crippen LogP contribution in [0, 0.1) is 11.3 Å². The maximum atomic E-state index is 10.1. The van der Waals surface area contributed by atoms with E-state index >= 15 is 0 Å². The van der Waals surface area contributed by atoms with Crippen LogP contribution in [0.15, 0.2) is 24.3 Å². The summed E-state index contributed by atoms with van der Waals surface area (Å²) >= 11 is 0. The van der Waals surface area contributed by atoms with Crippen LogP contribution in [-0.4, -0.2) is 24.8 Å². The largest absolute Gasteiger partial charge is 0.396 e. The van der Waals surface area contributed by atoms with E-state index in [1.807, 2.05) is 0 Å². The first-order valence-corrected chi connectivity index (χ1v) is 8.66. The summed E-state index contributed by atoms with van der Waals surface area (Å²) in [6.07, 6.45) is 8.74. The third-order valence-electron chi connectivity index (χ3n) is 5.50. The molecule has 21 heavy (non-hydrogen) atoms. The molecule has 2 unspecified atom stereocenters. The quantitative estimate of drug-likeness (QED) is 0.907. The molecule has 0 bridgehead atoms. The Hall–Kier alpha value is -1.02. The lowest BCUT2D eigenvalue weighted by Crippen LogP contribution is -2.43. The summed E-state index contributed by atoms with van der Waals surface area (Å²) in [5.74, 6) is 0.758. The molecule has 1 heterocycles. The lowest BCUT2D eigenvalue weighted by atomic mass is 9.70. The van der Waals surface area contributed by atoms with Crippen molar-refractivity contribution in [2.45, 2.75) is 51.9 Å². The van der Waals surface area contributed by atoms with Crippen molar-refractivity contribution in [1.82, 2.24) is 0 Å². The second kappa shape index (κ2) is 6.39. The summed E-state index contributed by atoms with van der Waals surface area (Å²) in [6, 6.07) is 8.87. The molecule has 2 heteroatoms. The van der Waals surface area contributed by atoms with Crippen LogP contribution in [0.4, 0.5) is 5.69 Å². The van der Waals surface area contributed by atoms with E-state index in [-0.39, 0.29) is 5.41 Å². The van der Waals surface area contributed by atoms with Crippen molar-refractivity contribution in [2.24, 2.45) is 11.3 Å². The lowest BCUT2D eigenvalue weighted by Gasteiger charge is -2.43. The standard InChI is InChI=1S/C19H29NO/c1-16-7-6-11-19(13-16,15-21)14-20-12-5-4-9-17-8-2-3-10-18(17)20/h2-3,8,10,16,21H,4-7,9,11-15H2,1H3. The van der Waals surface area contributed by atoms with Crippen molar-refractivity contribution in [3.8, 4) is 0 Å². The number of benzene rings is 1. The first-order valence-electron chi connectivity index (χ1n) is 8.66. The number of aliphatic hydroxyl groups excluding tert-OH is 1. The number of aryl methyl sites for hydroxylation is 1. The summed E-state index contributed by atoms with van der Waals surface area (Å²) in [5, 5.41) is 10.1. The number of aliphatic hydroxyl groups is 1. The van der Waals surface area contributed by atoms with Crippen LogP contribution < -0.4 is 4.90 Å². The van der Waals surface area contributed by atoms with E-state index in [9.17, 15) is 5.11 Å². The van der Waals surface area contributed by atoms with E-state index in [2.05, 4.69) is 36.1 Å². The summed E-state index contributed by atoms with van der Waals surface area (Å²) in [5.41, 5.74) is 3.03. The Morgan fingerprint density at radius 1 is 1.24 bits per heavy atom. The molecule has 1 aromatic rings. The molecular weight excluding hydrogens is 258 g/mol. The Bertz CT molecular complexity index is 472. The van der Waals surface area contributed by atoms with E-state index in [1.54, 1.807) is 0 Å². The zero-order valence-corrected chi connectivity index (χ0v) is 13.4. The number of rotatable bonds is 3. The Morgan fingerprint density at radius 2 is 2.10 bits per heavy atom. The van der Waals surface area contributed by atoms with Gasteiger partial charge in [0, 0.05) is 24.2 Å². The number of hydrogen-bond donors (Lipinski definition) is 1. The van der Waals surface area contributed by atoms with Gasteiger partial charge in [0.25, 0.3) is 0 Å². The van der Waals surface area contributed by atoms with Crippen LogP contribution in [-0.2, 0) is 6.42 Å². The summed E-state index contributed by atoms with van der Waals surface area (Å²) in [4.78, 5) is 2.57. The molecule has 1 fully saturated rings. The number of hydrogen-bond acceptors (Lipinski definition) is 2. The molecule has 0 amide bonds. The molecule has 1 aliphatic carbocycles. The highest BCUT2D eigenvalue weighted by Crippen LogP contribution is 2.41. The lowest BCUT2D eigenvalue weighted by molar-refractivity contribution is 0.0666. The van der Waals surface area contributed by atoms with Crippen molar-refractivity contribution in [3.63, 3.8) is 0 Å². The summed E-state index contributed by atoms with van der Waals surface area (Å²) < 4.78 is 0. The first kappa shape index (κ1) is 14.9. The van der Waals surface area contributed by atoms with Gasteiger partial charge in [-0.25, -0.2) is 0 Å². The van der Waals surface area contributed by atoms with E-state index in [1.165, 1.54) is 56.2 Å². The normalized spacial score (nSPS) is 29.8. The van der Waals surface area contributed by atoms with Crippen molar-refractivity contribution in [1.29, 1.82) is 0 Å². The molecule has 3 rings (SSSR count). The molecule has 116 valence electrons. The third kappa shape index (κ3) is 3.26. The molecule has 0 radical (unpaired) electrons. The minimum absolute atomic E-state index is 0.120. The molecular formula is C19H29NO. The number of nitrogens with zero attached hydrogens (tertiary/aromatic N) is 1. The second-order valence-corrected chi connectivity index (χ2v) is 7.37. The Labute approximate surface area is 129 Å². The van der Waals surface area contributed by atoms with Crippen LogP contribution in [0.1, 0.15) is 51.0 Å². The molecule has 0 aromatic heterocycles. The summed E-state index contributed by atoms with van der Waals surface area (Å²) in [6.45, 7) is 4.87. The highest BCUT2D eigenvalue weighted by Gasteiger charge is 2.36. The van der Waals surface area contributed by atoms with Gasteiger partial charge >= 0.3 is 0 Å². The van der Waals surface area contributed by atoms with E-state index in [0.717, 1.165) is 19.0 Å². The SMILES string of the molecule is CC1CCCC(CO)(CN2CCCCc3ccccc32)C1. The van der Waals surface area contributed by atoms with Crippen LogP contribution in [0.25, 0.3) is 0 Å². The fourth-order valence-electron chi connectivity index (χ4n) is 4.44. The Morgan fingerprint density at radius 3 is 2.90 bits per heavy atom. The predicted molar refractivity (Wildman–Crippen MR) is 88.7 cm³/mol. The van der Waals surface area contributed by atoms with Gasteiger partial charge in [-0.3, -0.25) is 0 Å². The fraction of sp³-hybridized carbons (Fsp3) is 0.684. The van der Waals surface area contributed by atoms with Crippen molar-refractivity contribution in [3.05, 3.63) is 29.8 Å². The minimum atomic E-state index is 0.120. The third-order valence-corrected chi connectivity index (χ3v) is 5.50. The number of para-hydroxylation sites is 1. The van der Waals surface area contributed by atoms with Crippen LogP contribution in [0.5, 0.6) is 0 Å². The average Bonchev–Trinajstić information content (AvgIpc) is 2.70. The Balaban J connectivity index is 1.82. The molecule has 0 saturated heterocycles. The van der Waals surface area contributed by atoms with Crippen LogP contribution in [0.2, 0.25) is 0 Å². The topological polar surface area (TPSA) is 23.5 Å². The average molecular weight is 287 g/mol. The van der Waals surface area contributed by atoms with Crippen molar-refractivity contribution < 1.29 is 5.11 Å². The van der Waals surface area contributed by atoms with Crippen molar-refractivity contribution >= 4 is 5.69 Å². The second-order valence-electron chi connectivity index (χ2n) is 7.37. The fourth-order valence-corrected chi connectivity index (χ4v) is 4.44. The van der Waals surface area contributed by atoms with Crippen molar-refractivity contribution in [2.75, 3.05) is 24.6 Å². The zero-order valence-electron chi connectivity index (χ0n) is 13.4. The molecule has 2 aliphatic rings. The highest BCUT2D eigenvalue weighted by molar-refractivity contribution is 5.54. The smallest absolute Gasteiger partial charge is 0.0504 e. The van der Waals surface area contributed by atoms with Gasteiger partial charge in [-0.05, 0) is 49.7 Å². The predicted octanol–water partition coefficient (Wildman–Crippen LogP) is 4.02. The molecule has 1 aromatic carbocycles. The molecule has 1 N–H and O–H groups in total. The van der Waals surface area contributed by atoms with Crippen LogP contribution in [0.3, 0.4) is 0 Å². The van der Waals surface area contributed by atoms with Gasteiger partial charge < -0.3 is 10.0 Å². The van der Waals surface area contributed by atoms with Gasteiger partial charge in [-0.1, -0.05) is 38.0 Å². The molecule has 1 saturated carbocycles. The highest BCUT2D eigenvalue weighted by atomic mass is 16.3. The van der Waals surface area contributed by atoms with Gasteiger partial charge in [0.15, 0.2) is 0 Å². The Kier molecular flexibility index (Phi) is 4.54. The van der Waals surface area contributed by atoms with E-state index < -0.39 is 0 Å². The monoisotopic (exact) mass is 287 g/mol. The summed E-state index contributed by atoms with van der Waals surface area (Å²) in [7, 11) is 0. The minimum Gasteiger partial charge on any atom is -0.396 e. The van der Waals surface area contributed by atoms with E-state index in [0.29, 0.717) is 6.61 Å². The van der Waals surface area contributed by atoms with Gasteiger partial charge in [-0.2, -0.15) is 0 Å². The molecule has 2 nitrogen and oxygen atoms in total.